The summed E-state index contributed by atoms with van der Waals surface area (Å²) in [5.74, 6) is 2.03. The Labute approximate surface area is 194 Å². The number of phenolic OH excluding ortho intramolecular Hbond substituents is 1. The maximum absolute atomic E-state index is 13.3. The molecule has 1 aromatic rings. The third kappa shape index (κ3) is 5.72. The van der Waals surface area contributed by atoms with Crippen LogP contribution in [0.2, 0.25) is 0 Å². The average Bonchev–Trinajstić information content (AvgIpc) is 3.05. The van der Waals surface area contributed by atoms with E-state index < -0.39 is 0 Å². The Bertz CT molecular complexity index is 806. The van der Waals surface area contributed by atoms with Gasteiger partial charge < -0.3 is 15.3 Å². The van der Waals surface area contributed by atoms with Gasteiger partial charge in [0.15, 0.2) is 5.78 Å². The molecule has 3 rings (SSSR count). The molecule has 0 aromatic heterocycles. The molecule has 178 valence electrons. The fraction of sp³-hybridized carbons (Fsp3) is 0.704. The summed E-state index contributed by atoms with van der Waals surface area (Å²) in [6, 6.07) is 3.72. The van der Waals surface area contributed by atoms with Crippen LogP contribution in [0.15, 0.2) is 12.1 Å². The second-order valence-electron chi connectivity index (χ2n) is 11.9. The minimum absolute atomic E-state index is 0.0322. The number of ketones is 1. The molecule has 2 aliphatic rings. The molecule has 32 heavy (non-hydrogen) atoms. The molecule has 5 heteroatoms. The first-order valence-corrected chi connectivity index (χ1v) is 12.3. The topological polar surface area (TPSA) is 76.4 Å². The first kappa shape index (κ1) is 24.8. The zero-order chi connectivity index (χ0) is 23.7. The first-order valence-electron chi connectivity index (χ1n) is 12.3. The summed E-state index contributed by atoms with van der Waals surface area (Å²) in [5.41, 5.74) is 1.74. The summed E-state index contributed by atoms with van der Waals surface area (Å²) in [6.45, 7) is 15.6. The fourth-order valence-corrected chi connectivity index (χ4v) is 5.08. The van der Waals surface area contributed by atoms with Crippen LogP contribution in [0.4, 0.5) is 0 Å². The number of nitrogens with one attached hydrogen (secondary N) is 2. The van der Waals surface area contributed by atoms with Crippen molar-refractivity contribution in [2.75, 3.05) is 26.2 Å². The number of nitrogens with zero attached hydrogens (tertiary/aromatic N) is 1. The number of rotatable bonds is 6. The van der Waals surface area contributed by atoms with Crippen LogP contribution in [-0.4, -0.2) is 47.8 Å². The summed E-state index contributed by atoms with van der Waals surface area (Å²) in [4.78, 5) is 15.3. The van der Waals surface area contributed by atoms with Crippen LogP contribution in [0, 0.1) is 17.2 Å². The number of aromatic hydroxyl groups is 1. The van der Waals surface area contributed by atoms with Crippen molar-refractivity contribution >= 4 is 11.6 Å². The van der Waals surface area contributed by atoms with Gasteiger partial charge in [0.1, 0.15) is 5.75 Å². The van der Waals surface area contributed by atoms with Crippen molar-refractivity contribution in [2.24, 2.45) is 11.8 Å². The highest BCUT2D eigenvalue weighted by atomic mass is 16.3. The second-order valence-corrected chi connectivity index (χ2v) is 11.9. The van der Waals surface area contributed by atoms with Crippen LogP contribution in [0.3, 0.4) is 0 Å². The minimum atomic E-state index is -0.263. The third-order valence-electron chi connectivity index (χ3n) is 7.24. The quantitative estimate of drug-likeness (QED) is 0.527. The van der Waals surface area contributed by atoms with Crippen LogP contribution in [0.25, 0.3) is 0 Å². The lowest BCUT2D eigenvalue weighted by atomic mass is 9.78. The number of hydrogen-bond acceptors (Lipinski definition) is 4. The lowest BCUT2D eigenvalue weighted by molar-refractivity contribution is 0.0965. The zero-order valence-electron chi connectivity index (χ0n) is 21.0. The van der Waals surface area contributed by atoms with Crippen LogP contribution in [0.5, 0.6) is 5.75 Å². The average molecular weight is 442 g/mol. The van der Waals surface area contributed by atoms with Gasteiger partial charge in [-0.2, -0.15) is 0 Å². The molecule has 0 saturated carbocycles. The highest BCUT2D eigenvalue weighted by Crippen LogP contribution is 2.40. The maximum atomic E-state index is 13.3. The number of benzene rings is 1. The Morgan fingerprint density at radius 3 is 2.12 bits per heavy atom. The highest BCUT2D eigenvalue weighted by molar-refractivity contribution is 6.00. The molecule has 2 aliphatic heterocycles. The molecular formula is C27H43N3O2. The summed E-state index contributed by atoms with van der Waals surface area (Å²) in [6.07, 6.45) is 5.73. The molecule has 1 unspecified atom stereocenters. The molecule has 5 nitrogen and oxygen atoms in total. The van der Waals surface area contributed by atoms with Crippen molar-refractivity contribution in [3.8, 4) is 5.75 Å². The number of carbonyl (C=O) groups is 1. The number of likely N-dealkylation sites (tertiary alicyclic amines) is 1. The van der Waals surface area contributed by atoms with Gasteiger partial charge in [-0.3, -0.25) is 10.2 Å². The molecule has 0 bridgehead atoms. The fourth-order valence-electron chi connectivity index (χ4n) is 5.08. The predicted octanol–water partition coefficient (Wildman–Crippen LogP) is 5.25. The third-order valence-corrected chi connectivity index (χ3v) is 7.24. The Morgan fingerprint density at radius 2 is 1.59 bits per heavy atom. The van der Waals surface area contributed by atoms with Gasteiger partial charge in [-0.05, 0) is 74.1 Å². The van der Waals surface area contributed by atoms with E-state index in [1.54, 1.807) is 0 Å². The summed E-state index contributed by atoms with van der Waals surface area (Å²) >= 11 is 0. The second kappa shape index (κ2) is 9.54. The number of piperidine rings is 1. The van der Waals surface area contributed by atoms with E-state index in [9.17, 15) is 9.90 Å². The number of hydrogen-bond donors (Lipinski definition) is 3. The molecule has 0 aliphatic carbocycles. The predicted molar refractivity (Wildman–Crippen MR) is 132 cm³/mol. The molecular weight excluding hydrogens is 398 g/mol. The van der Waals surface area contributed by atoms with Crippen molar-refractivity contribution in [3.05, 3.63) is 28.8 Å². The van der Waals surface area contributed by atoms with E-state index in [2.05, 4.69) is 46.9 Å². The summed E-state index contributed by atoms with van der Waals surface area (Å²) in [5, 5.41) is 23.0. The summed E-state index contributed by atoms with van der Waals surface area (Å²) in [7, 11) is 0. The van der Waals surface area contributed by atoms with Crippen molar-refractivity contribution in [2.45, 2.75) is 84.5 Å². The number of Topliss-reactive ketones (excluding diaryl/α,β-unsaturated/α-hetero) is 1. The van der Waals surface area contributed by atoms with Gasteiger partial charge in [-0.1, -0.05) is 41.5 Å². The molecule has 2 fully saturated rings. The first-order chi connectivity index (χ1) is 14.9. The van der Waals surface area contributed by atoms with Gasteiger partial charge in [0.25, 0.3) is 0 Å². The van der Waals surface area contributed by atoms with Crippen LogP contribution >= 0.6 is 0 Å². The van der Waals surface area contributed by atoms with Gasteiger partial charge >= 0.3 is 0 Å². The molecule has 0 amide bonds. The van der Waals surface area contributed by atoms with Crippen molar-refractivity contribution in [1.82, 2.24) is 10.2 Å². The molecule has 0 radical (unpaired) electrons. The molecule has 3 N–H and O–H groups in total. The van der Waals surface area contributed by atoms with Gasteiger partial charge in [-0.25, -0.2) is 0 Å². The van der Waals surface area contributed by atoms with Crippen LogP contribution in [-0.2, 0) is 10.8 Å². The van der Waals surface area contributed by atoms with E-state index in [4.69, 9.17) is 5.41 Å². The Morgan fingerprint density at radius 1 is 1.03 bits per heavy atom. The molecule has 0 spiro atoms. The van der Waals surface area contributed by atoms with E-state index in [1.165, 1.54) is 19.3 Å². The van der Waals surface area contributed by atoms with E-state index in [-0.39, 0.29) is 29.1 Å². The number of carbonyl (C=O) groups excluding carboxylic acids is 1. The normalized spacial score (nSPS) is 20.8. The standard InChI is InChI=1S/C27H43N3O2/c1-26(2,3)21-15-20(16-22(24(21)32)27(4,5)6)23(31)17-30-14-11-19(25(30)28)8-7-18-9-12-29-13-10-18/h15-16,18-19,28-29,32H,7-14,17H2,1-6H3. The minimum Gasteiger partial charge on any atom is -0.507 e. The smallest absolute Gasteiger partial charge is 0.182 e. The van der Waals surface area contributed by atoms with E-state index in [0.29, 0.717) is 17.1 Å². The molecule has 1 aromatic carbocycles. The van der Waals surface area contributed by atoms with Crippen LogP contribution in [0.1, 0.15) is 95.1 Å². The number of amidine groups is 1. The van der Waals surface area contributed by atoms with Gasteiger partial charge in [0.2, 0.25) is 0 Å². The molecule has 2 heterocycles. The van der Waals surface area contributed by atoms with Crippen molar-refractivity contribution < 1.29 is 9.90 Å². The van der Waals surface area contributed by atoms with Crippen LogP contribution < -0.4 is 5.32 Å². The van der Waals surface area contributed by atoms with Gasteiger partial charge in [0, 0.05) is 29.2 Å². The highest BCUT2D eigenvalue weighted by Gasteiger charge is 2.32. The molecule has 2 saturated heterocycles. The molecule has 1 atom stereocenters. The zero-order valence-corrected chi connectivity index (χ0v) is 21.0. The summed E-state index contributed by atoms with van der Waals surface area (Å²) < 4.78 is 0. The van der Waals surface area contributed by atoms with Crippen molar-refractivity contribution in [3.63, 3.8) is 0 Å². The SMILES string of the molecule is CC(C)(C)c1cc(C(=O)CN2CCC(CCC3CCNCC3)C2=N)cc(C(C)(C)C)c1O. The monoisotopic (exact) mass is 441 g/mol. The maximum Gasteiger partial charge on any atom is 0.182 e. The van der Waals surface area contributed by atoms with E-state index in [1.807, 2.05) is 17.0 Å². The van der Waals surface area contributed by atoms with E-state index >= 15 is 0 Å². The Kier molecular flexibility index (Phi) is 7.38. The lowest BCUT2D eigenvalue weighted by Crippen LogP contribution is -2.33. The Hall–Kier alpha value is -1.88. The Balaban J connectivity index is 1.70. The van der Waals surface area contributed by atoms with Gasteiger partial charge in [-0.15, -0.1) is 0 Å². The lowest BCUT2D eigenvalue weighted by Gasteiger charge is -2.28. The van der Waals surface area contributed by atoms with Crippen molar-refractivity contribution in [1.29, 1.82) is 5.41 Å². The number of phenols is 1. The largest absolute Gasteiger partial charge is 0.507 e. The van der Waals surface area contributed by atoms with Gasteiger partial charge in [0.05, 0.1) is 12.4 Å². The van der Waals surface area contributed by atoms with E-state index in [0.717, 1.165) is 49.5 Å².